The van der Waals surface area contributed by atoms with Gasteiger partial charge in [-0.15, -0.1) is 0 Å². The zero-order valence-corrected chi connectivity index (χ0v) is 11.4. The number of ether oxygens (including phenoxy) is 1. The largest absolute Gasteiger partial charge is 0.462 e. The van der Waals surface area contributed by atoms with Gasteiger partial charge in [-0.25, -0.2) is 0 Å². The Labute approximate surface area is 117 Å². The third-order valence-corrected chi connectivity index (χ3v) is 3.45. The molecule has 6 heteroatoms. The van der Waals surface area contributed by atoms with Crippen LogP contribution in [0.4, 0.5) is 11.4 Å². The Morgan fingerprint density at radius 2 is 1.95 bits per heavy atom. The van der Waals surface area contributed by atoms with Gasteiger partial charge >= 0.3 is 5.97 Å². The van der Waals surface area contributed by atoms with Crippen molar-refractivity contribution in [2.45, 2.75) is 32.3 Å². The topological polar surface area (TPSA) is 72.7 Å². The smallest absolute Gasteiger partial charge is 0.305 e. The van der Waals surface area contributed by atoms with E-state index in [1.165, 1.54) is 12.1 Å². The van der Waals surface area contributed by atoms with Gasteiger partial charge in [-0.1, -0.05) is 6.92 Å². The summed E-state index contributed by atoms with van der Waals surface area (Å²) in [5.41, 5.74) is 1.07. The molecule has 0 amide bonds. The molecule has 0 bridgehead atoms. The fourth-order valence-corrected chi connectivity index (χ4v) is 2.29. The van der Waals surface area contributed by atoms with Crippen LogP contribution in [0.2, 0.25) is 0 Å². The number of anilines is 1. The number of piperidine rings is 1. The highest BCUT2D eigenvalue weighted by Crippen LogP contribution is 2.23. The standard InChI is InChI=1S/C14H18N2O4/c1-2-14(17)20-13-7-9-15(10-8-13)11-3-5-12(6-4-11)16(18)19/h3-6,13H,2,7-10H2,1H3. The average molecular weight is 278 g/mol. The van der Waals surface area contributed by atoms with Gasteiger partial charge in [0.15, 0.2) is 0 Å². The van der Waals surface area contributed by atoms with Crippen molar-refractivity contribution in [1.29, 1.82) is 0 Å². The summed E-state index contributed by atoms with van der Waals surface area (Å²) in [5, 5.41) is 10.6. The molecule has 0 saturated carbocycles. The maximum absolute atomic E-state index is 11.2. The molecule has 0 N–H and O–H groups in total. The molecule has 1 aliphatic rings. The molecule has 1 aromatic carbocycles. The number of esters is 1. The lowest BCUT2D eigenvalue weighted by atomic mass is 10.1. The van der Waals surface area contributed by atoms with E-state index in [2.05, 4.69) is 4.90 Å². The van der Waals surface area contributed by atoms with Crippen molar-refractivity contribution in [2.24, 2.45) is 0 Å². The van der Waals surface area contributed by atoms with E-state index >= 15 is 0 Å². The number of nitro benzene ring substituents is 1. The van der Waals surface area contributed by atoms with Crippen LogP contribution in [0.5, 0.6) is 0 Å². The molecule has 20 heavy (non-hydrogen) atoms. The Kier molecular flexibility index (Phi) is 4.55. The van der Waals surface area contributed by atoms with Gasteiger partial charge in [-0.2, -0.15) is 0 Å². The van der Waals surface area contributed by atoms with Crippen LogP contribution >= 0.6 is 0 Å². The molecule has 6 nitrogen and oxygen atoms in total. The molecular formula is C14H18N2O4. The molecule has 2 rings (SSSR count). The molecular weight excluding hydrogens is 260 g/mol. The van der Waals surface area contributed by atoms with E-state index in [9.17, 15) is 14.9 Å². The quantitative estimate of drug-likeness (QED) is 0.480. The predicted molar refractivity (Wildman–Crippen MR) is 74.7 cm³/mol. The summed E-state index contributed by atoms with van der Waals surface area (Å²) in [6, 6.07) is 6.55. The Hall–Kier alpha value is -2.11. The van der Waals surface area contributed by atoms with Gasteiger partial charge < -0.3 is 9.64 Å². The van der Waals surface area contributed by atoms with Crippen molar-refractivity contribution in [3.05, 3.63) is 34.4 Å². The minimum atomic E-state index is -0.403. The van der Waals surface area contributed by atoms with Crippen LogP contribution in [0.25, 0.3) is 0 Å². The maximum atomic E-state index is 11.2. The summed E-state index contributed by atoms with van der Waals surface area (Å²) in [7, 11) is 0. The Balaban J connectivity index is 1.90. The van der Waals surface area contributed by atoms with Crippen molar-refractivity contribution >= 4 is 17.3 Å². The number of hydrogen-bond acceptors (Lipinski definition) is 5. The zero-order chi connectivity index (χ0) is 14.5. The van der Waals surface area contributed by atoms with Crippen molar-refractivity contribution in [2.75, 3.05) is 18.0 Å². The zero-order valence-electron chi connectivity index (χ0n) is 11.4. The SMILES string of the molecule is CCC(=O)OC1CCN(c2ccc([N+](=O)[O-])cc2)CC1. The van der Waals surface area contributed by atoms with Crippen LogP contribution in [-0.2, 0) is 9.53 Å². The second kappa shape index (κ2) is 6.36. The second-order valence-corrected chi connectivity index (χ2v) is 4.80. The van der Waals surface area contributed by atoms with Crippen LogP contribution < -0.4 is 4.90 Å². The van der Waals surface area contributed by atoms with Gasteiger partial charge in [0, 0.05) is 50.2 Å². The molecule has 0 spiro atoms. The number of carbonyl (C=O) groups excluding carboxylic acids is 1. The Morgan fingerprint density at radius 3 is 2.45 bits per heavy atom. The summed E-state index contributed by atoms with van der Waals surface area (Å²) < 4.78 is 5.32. The molecule has 0 aromatic heterocycles. The van der Waals surface area contributed by atoms with Gasteiger partial charge in [-0.05, 0) is 12.1 Å². The first kappa shape index (κ1) is 14.3. The Morgan fingerprint density at radius 1 is 1.35 bits per heavy atom. The minimum absolute atomic E-state index is 0.00301. The molecule has 0 radical (unpaired) electrons. The van der Waals surface area contributed by atoms with Crippen LogP contribution in [-0.4, -0.2) is 30.1 Å². The third kappa shape index (κ3) is 3.46. The normalized spacial score (nSPS) is 15.9. The summed E-state index contributed by atoms with van der Waals surface area (Å²) in [6.07, 6.45) is 1.99. The number of hydrogen-bond donors (Lipinski definition) is 0. The minimum Gasteiger partial charge on any atom is -0.462 e. The lowest BCUT2D eigenvalue weighted by Gasteiger charge is -2.33. The summed E-state index contributed by atoms with van der Waals surface area (Å²) >= 11 is 0. The lowest BCUT2D eigenvalue weighted by molar-refractivity contribution is -0.384. The van der Waals surface area contributed by atoms with Crippen molar-refractivity contribution in [1.82, 2.24) is 0 Å². The van der Waals surface area contributed by atoms with Crippen molar-refractivity contribution < 1.29 is 14.5 Å². The second-order valence-electron chi connectivity index (χ2n) is 4.80. The first-order chi connectivity index (χ1) is 9.60. The molecule has 1 fully saturated rings. The first-order valence-electron chi connectivity index (χ1n) is 6.79. The number of nitro groups is 1. The molecule has 0 aliphatic carbocycles. The van der Waals surface area contributed by atoms with E-state index in [1.54, 1.807) is 19.1 Å². The number of non-ortho nitro benzene ring substituents is 1. The molecule has 1 aliphatic heterocycles. The molecule has 0 unspecified atom stereocenters. The monoisotopic (exact) mass is 278 g/mol. The molecule has 1 heterocycles. The van der Waals surface area contributed by atoms with E-state index in [1.807, 2.05) is 0 Å². The van der Waals surface area contributed by atoms with Gasteiger partial charge in [0.25, 0.3) is 5.69 Å². The average Bonchev–Trinajstić information content (AvgIpc) is 2.48. The molecule has 1 aromatic rings. The fraction of sp³-hybridized carbons (Fsp3) is 0.500. The van der Waals surface area contributed by atoms with E-state index < -0.39 is 4.92 Å². The van der Waals surface area contributed by atoms with E-state index in [0.717, 1.165) is 31.6 Å². The van der Waals surface area contributed by atoms with Gasteiger partial charge in [0.05, 0.1) is 4.92 Å². The van der Waals surface area contributed by atoms with E-state index in [4.69, 9.17) is 4.74 Å². The van der Waals surface area contributed by atoms with Crippen LogP contribution in [0.1, 0.15) is 26.2 Å². The van der Waals surface area contributed by atoms with Crippen LogP contribution in [0.3, 0.4) is 0 Å². The first-order valence-corrected chi connectivity index (χ1v) is 6.79. The molecule has 108 valence electrons. The number of rotatable bonds is 4. The van der Waals surface area contributed by atoms with E-state index in [0.29, 0.717) is 6.42 Å². The molecule has 0 atom stereocenters. The highest BCUT2D eigenvalue weighted by atomic mass is 16.6. The van der Waals surface area contributed by atoms with Gasteiger partial charge in [0.2, 0.25) is 0 Å². The summed E-state index contributed by atoms with van der Waals surface area (Å²) in [5.74, 6) is -0.154. The maximum Gasteiger partial charge on any atom is 0.305 e. The van der Waals surface area contributed by atoms with Crippen molar-refractivity contribution in [3.63, 3.8) is 0 Å². The van der Waals surface area contributed by atoms with Crippen LogP contribution in [0, 0.1) is 10.1 Å². The third-order valence-electron chi connectivity index (χ3n) is 3.45. The van der Waals surface area contributed by atoms with E-state index in [-0.39, 0.29) is 17.8 Å². The van der Waals surface area contributed by atoms with Gasteiger partial charge in [-0.3, -0.25) is 14.9 Å². The molecule has 1 saturated heterocycles. The van der Waals surface area contributed by atoms with Gasteiger partial charge in [0.1, 0.15) is 6.10 Å². The van der Waals surface area contributed by atoms with Crippen molar-refractivity contribution in [3.8, 4) is 0 Å². The number of nitrogens with zero attached hydrogens (tertiary/aromatic N) is 2. The Bertz CT molecular complexity index is 478. The number of benzene rings is 1. The summed E-state index contributed by atoms with van der Waals surface area (Å²) in [6.45, 7) is 3.37. The number of carbonyl (C=O) groups is 1. The fourth-order valence-electron chi connectivity index (χ4n) is 2.29. The highest BCUT2D eigenvalue weighted by Gasteiger charge is 2.22. The van der Waals surface area contributed by atoms with Crippen LogP contribution in [0.15, 0.2) is 24.3 Å². The summed E-state index contributed by atoms with van der Waals surface area (Å²) in [4.78, 5) is 23.6. The highest BCUT2D eigenvalue weighted by molar-refractivity contribution is 5.69. The lowest BCUT2D eigenvalue weighted by Crippen LogP contribution is -2.37. The predicted octanol–water partition coefficient (Wildman–Crippen LogP) is 2.52.